The average molecular weight is 454 g/mol. The number of nitrogens with zero attached hydrogens (tertiary/aromatic N) is 4. The molecule has 2 aromatic heterocycles. The summed E-state index contributed by atoms with van der Waals surface area (Å²) in [6, 6.07) is 9.60. The van der Waals surface area contributed by atoms with Gasteiger partial charge in [-0.15, -0.1) is 0 Å². The van der Waals surface area contributed by atoms with Crippen LogP contribution in [0.1, 0.15) is 18.2 Å². The fourth-order valence-corrected chi connectivity index (χ4v) is 3.19. The Morgan fingerprint density at radius 1 is 1.27 bits per heavy atom. The Balaban J connectivity index is 1.54. The van der Waals surface area contributed by atoms with Crippen LogP contribution in [-0.4, -0.2) is 24.7 Å². The van der Waals surface area contributed by atoms with E-state index in [0.717, 1.165) is 27.3 Å². The third kappa shape index (κ3) is 4.84. The highest BCUT2D eigenvalue weighted by Crippen LogP contribution is 2.16. The van der Waals surface area contributed by atoms with E-state index >= 15 is 0 Å². The molecule has 2 heterocycles. The van der Waals surface area contributed by atoms with E-state index in [1.165, 1.54) is 0 Å². The van der Waals surface area contributed by atoms with Crippen LogP contribution in [0, 0.1) is 0 Å². The van der Waals surface area contributed by atoms with E-state index in [2.05, 4.69) is 36.8 Å². The molecule has 26 heavy (non-hydrogen) atoms. The van der Waals surface area contributed by atoms with E-state index in [9.17, 15) is 0 Å². The molecule has 0 aliphatic rings. The van der Waals surface area contributed by atoms with Crippen LogP contribution in [0.4, 0.5) is 5.82 Å². The van der Waals surface area contributed by atoms with Gasteiger partial charge in [0, 0.05) is 23.8 Å². The molecule has 136 valence electrons. The lowest BCUT2D eigenvalue weighted by Gasteiger charge is -2.10. The van der Waals surface area contributed by atoms with E-state index in [0.29, 0.717) is 24.0 Å². The van der Waals surface area contributed by atoms with Crippen LogP contribution in [-0.2, 0) is 19.6 Å². The van der Waals surface area contributed by atoms with Crippen LogP contribution in [0.2, 0.25) is 5.02 Å². The summed E-state index contributed by atoms with van der Waals surface area (Å²) in [6.07, 6.45) is 3.69. The van der Waals surface area contributed by atoms with Crippen molar-refractivity contribution < 1.29 is 0 Å². The SMILES string of the molecule is CCn1ncc(Br)c1CNC(=S)Nc1ccn(Cc2ccc(Cl)cc2)n1. The van der Waals surface area contributed by atoms with Crippen molar-refractivity contribution in [3.8, 4) is 0 Å². The Morgan fingerprint density at radius 3 is 2.77 bits per heavy atom. The molecule has 0 unspecified atom stereocenters. The van der Waals surface area contributed by atoms with Crippen molar-refractivity contribution in [3.05, 3.63) is 63.5 Å². The molecule has 0 aliphatic heterocycles. The van der Waals surface area contributed by atoms with Gasteiger partial charge in [-0.1, -0.05) is 23.7 Å². The maximum Gasteiger partial charge on any atom is 0.172 e. The third-order valence-electron chi connectivity index (χ3n) is 3.75. The zero-order chi connectivity index (χ0) is 18.5. The fourth-order valence-electron chi connectivity index (χ4n) is 2.45. The molecule has 0 bridgehead atoms. The molecule has 3 rings (SSSR count). The van der Waals surface area contributed by atoms with Gasteiger partial charge in [0.2, 0.25) is 0 Å². The van der Waals surface area contributed by atoms with Crippen molar-refractivity contribution in [3.63, 3.8) is 0 Å². The lowest BCUT2D eigenvalue weighted by Crippen LogP contribution is -2.29. The number of nitrogens with one attached hydrogen (secondary N) is 2. The monoisotopic (exact) mass is 452 g/mol. The summed E-state index contributed by atoms with van der Waals surface area (Å²) in [5, 5.41) is 16.3. The topological polar surface area (TPSA) is 59.7 Å². The van der Waals surface area contributed by atoms with Crippen molar-refractivity contribution in [1.82, 2.24) is 24.9 Å². The summed E-state index contributed by atoms with van der Waals surface area (Å²) in [4.78, 5) is 0. The molecular formula is C17H18BrClN6S. The normalized spacial score (nSPS) is 10.7. The second-order valence-electron chi connectivity index (χ2n) is 5.59. The molecule has 0 fully saturated rings. The molecule has 2 N–H and O–H groups in total. The number of hydrogen-bond acceptors (Lipinski definition) is 3. The van der Waals surface area contributed by atoms with E-state index < -0.39 is 0 Å². The lowest BCUT2D eigenvalue weighted by atomic mass is 10.2. The van der Waals surface area contributed by atoms with Crippen molar-refractivity contribution >= 4 is 50.7 Å². The Labute approximate surface area is 170 Å². The van der Waals surface area contributed by atoms with Crippen molar-refractivity contribution in [2.45, 2.75) is 26.6 Å². The number of aromatic nitrogens is 4. The Morgan fingerprint density at radius 2 is 2.04 bits per heavy atom. The Hall–Kier alpha value is -1.90. The number of thiocarbonyl (C=S) groups is 1. The first kappa shape index (κ1) is 18.9. The number of rotatable bonds is 6. The first-order valence-corrected chi connectivity index (χ1v) is 9.66. The van der Waals surface area contributed by atoms with Gasteiger partial charge in [0.05, 0.1) is 29.5 Å². The van der Waals surface area contributed by atoms with E-state index in [4.69, 9.17) is 23.8 Å². The number of benzene rings is 1. The summed E-state index contributed by atoms with van der Waals surface area (Å²) in [5.41, 5.74) is 2.17. The number of aryl methyl sites for hydroxylation is 1. The minimum absolute atomic E-state index is 0.512. The predicted molar refractivity (Wildman–Crippen MR) is 111 cm³/mol. The molecule has 0 amide bonds. The fraction of sp³-hybridized carbons (Fsp3) is 0.235. The predicted octanol–water partition coefficient (Wildman–Crippen LogP) is 4.05. The smallest absolute Gasteiger partial charge is 0.172 e. The van der Waals surface area contributed by atoms with Crippen LogP contribution in [0.5, 0.6) is 0 Å². The van der Waals surface area contributed by atoms with Crippen LogP contribution in [0.25, 0.3) is 0 Å². The summed E-state index contributed by atoms with van der Waals surface area (Å²) in [7, 11) is 0. The van der Waals surface area contributed by atoms with Gasteiger partial charge >= 0.3 is 0 Å². The zero-order valence-corrected chi connectivity index (χ0v) is 17.3. The molecule has 9 heteroatoms. The van der Waals surface area contributed by atoms with Gasteiger partial charge in [0.15, 0.2) is 10.9 Å². The van der Waals surface area contributed by atoms with E-state index in [-0.39, 0.29) is 0 Å². The zero-order valence-electron chi connectivity index (χ0n) is 14.1. The lowest BCUT2D eigenvalue weighted by molar-refractivity contribution is 0.613. The van der Waals surface area contributed by atoms with Crippen molar-refractivity contribution in [2.24, 2.45) is 0 Å². The molecule has 0 radical (unpaired) electrons. The van der Waals surface area contributed by atoms with Gasteiger partial charge in [-0.05, 0) is 52.8 Å². The minimum Gasteiger partial charge on any atom is -0.357 e. The standard InChI is InChI=1S/C17H18BrClN6S/c1-2-25-15(14(18)9-21-25)10-20-17(26)22-16-7-8-24(23-16)11-12-3-5-13(19)6-4-12/h3-9H,2,10-11H2,1H3,(H2,20,22,23,26). The van der Waals surface area contributed by atoms with Crippen LogP contribution in [0.15, 0.2) is 47.2 Å². The number of anilines is 1. The van der Waals surface area contributed by atoms with E-state index in [1.54, 1.807) is 6.20 Å². The minimum atomic E-state index is 0.512. The van der Waals surface area contributed by atoms with Crippen LogP contribution in [0.3, 0.4) is 0 Å². The highest BCUT2D eigenvalue weighted by Gasteiger charge is 2.08. The molecule has 0 spiro atoms. The van der Waals surface area contributed by atoms with Gasteiger partial charge < -0.3 is 10.6 Å². The molecule has 0 saturated carbocycles. The highest BCUT2D eigenvalue weighted by molar-refractivity contribution is 9.10. The molecule has 0 aliphatic carbocycles. The molecule has 3 aromatic rings. The van der Waals surface area contributed by atoms with Gasteiger partial charge in [0.1, 0.15) is 0 Å². The molecule has 0 saturated heterocycles. The van der Waals surface area contributed by atoms with Crippen LogP contribution < -0.4 is 10.6 Å². The van der Waals surface area contributed by atoms with Crippen molar-refractivity contribution in [1.29, 1.82) is 0 Å². The molecular weight excluding hydrogens is 436 g/mol. The Bertz CT molecular complexity index is 889. The van der Waals surface area contributed by atoms with Gasteiger partial charge in [-0.25, -0.2) is 0 Å². The van der Waals surface area contributed by atoms with Gasteiger partial charge in [-0.3, -0.25) is 9.36 Å². The summed E-state index contributed by atoms with van der Waals surface area (Å²) < 4.78 is 4.72. The van der Waals surface area contributed by atoms with Crippen LogP contribution >= 0.6 is 39.7 Å². The largest absolute Gasteiger partial charge is 0.357 e. The highest BCUT2D eigenvalue weighted by atomic mass is 79.9. The number of halogens is 2. The van der Waals surface area contributed by atoms with Gasteiger partial charge in [0.25, 0.3) is 0 Å². The van der Waals surface area contributed by atoms with E-state index in [1.807, 2.05) is 52.8 Å². The van der Waals surface area contributed by atoms with Gasteiger partial charge in [-0.2, -0.15) is 10.2 Å². The first-order chi connectivity index (χ1) is 12.5. The Kier molecular flexibility index (Phi) is 6.29. The van der Waals surface area contributed by atoms with Crippen molar-refractivity contribution in [2.75, 3.05) is 5.32 Å². The second kappa shape index (κ2) is 8.66. The molecule has 1 aromatic carbocycles. The summed E-state index contributed by atoms with van der Waals surface area (Å²) >= 11 is 14.8. The molecule has 0 atom stereocenters. The maximum atomic E-state index is 5.91. The summed E-state index contributed by atoms with van der Waals surface area (Å²) in [6.45, 7) is 4.10. The average Bonchev–Trinajstić information content (AvgIpc) is 3.21. The molecule has 6 nitrogen and oxygen atoms in total. The summed E-state index contributed by atoms with van der Waals surface area (Å²) in [5.74, 6) is 0.694. The number of hydrogen-bond donors (Lipinski definition) is 2. The quantitative estimate of drug-likeness (QED) is 0.551. The maximum absolute atomic E-state index is 5.91. The third-order valence-corrected chi connectivity index (χ3v) is 4.91. The second-order valence-corrected chi connectivity index (χ2v) is 7.29. The first-order valence-electron chi connectivity index (χ1n) is 8.08.